The first-order chi connectivity index (χ1) is 11.2. The van der Waals surface area contributed by atoms with E-state index in [1.165, 1.54) is 0 Å². The zero-order valence-corrected chi connectivity index (χ0v) is 13.5. The Morgan fingerprint density at radius 3 is 2.43 bits per heavy atom. The molecule has 0 radical (unpaired) electrons. The monoisotopic (exact) mass is 320 g/mol. The van der Waals surface area contributed by atoms with Crippen molar-refractivity contribution in [3.05, 3.63) is 76.6 Å². The third-order valence-electron chi connectivity index (χ3n) is 3.25. The normalized spacial score (nSPS) is 12.0. The number of aromatic amines is 1. The summed E-state index contributed by atoms with van der Waals surface area (Å²) in [5.41, 5.74) is 3.12. The van der Waals surface area contributed by atoms with E-state index in [0.29, 0.717) is 10.6 Å². The third kappa shape index (κ3) is 3.70. The molecule has 0 unspecified atom stereocenters. The minimum Gasteiger partial charge on any atom is -0.250 e. The van der Waals surface area contributed by atoms with E-state index in [1.807, 2.05) is 55.5 Å². The van der Waals surface area contributed by atoms with Crippen LogP contribution in [0.4, 0.5) is 0 Å². The molecule has 0 amide bonds. The molecule has 0 bridgehead atoms. The summed E-state index contributed by atoms with van der Waals surface area (Å²) in [7, 11) is 0. The summed E-state index contributed by atoms with van der Waals surface area (Å²) >= 11 is 5.27. The number of aromatic nitrogens is 3. The molecule has 1 aromatic heterocycles. The van der Waals surface area contributed by atoms with Crippen molar-refractivity contribution in [2.75, 3.05) is 0 Å². The molecule has 0 saturated carbocycles. The molecule has 0 fully saturated rings. The Hall–Kier alpha value is -2.79. The molecule has 1 N–H and O–H groups in total. The summed E-state index contributed by atoms with van der Waals surface area (Å²) < 4.78 is 2.10. The number of allylic oxidation sites excluding steroid dienone is 1. The van der Waals surface area contributed by atoms with E-state index in [0.717, 1.165) is 16.7 Å². The average molecular weight is 320 g/mol. The summed E-state index contributed by atoms with van der Waals surface area (Å²) in [6, 6.07) is 20.0. The molecule has 0 aliphatic carbocycles. The minimum absolute atomic E-state index is 0.465. The van der Waals surface area contributed by atoms with E-state index in [-0.39, 0.29) is 0 Å². The maximum absolute atomic E-state index is 5.27. The van der Waals surface area contributed by atoms with E-state index < -0.39 is 0 Å². The lowest BCUT2D eigenvalue weighted by Crippen LogP contribution is -1.94. The van der Waals surface area contributed by atoms with Crippen LogP contribution in [0.5, 0.6) is 0 Å². The number of hydrogen-bond donors (Lipinski definition) is 1. The maximum Gasteiger partial charge on any atom is 0.216 e. The van der Waals surface area contributed by atoms with Crippen molar-refractivity contribution in [2.24, 2.45) is 5.10 Å². The summed E-state index contributed by atoms with van der Waals surface area (Å²) in [6.07, 6.45) is 3.85. The Bertz CT molecular complexity index is 890. The molecule has 3 rings (SSSR count). The van der Waals surface area contributed by atoms with Gasteiger partial charge in [-0.05, 0) is 30.3 Å². The molecule has 114 valence electrons. The highest BCUT2D eigenvalue weighted by atomic mass is 32.1. The smallest absolute Gasteiger partial charge is 0.216 e. The van der Waals surface area contributed by atoms with E-state index >= 15 is 0 Å². The van der Waals surface area contributed by atoms with Gasteiger partial charge in [0, 0.05) is 5.56 Å². The van der Waals surface area contributed by atoms with Crippen LogP contribution in [0.1, 0.15) is 12.5 Å². The van der Waals surface area contributed by atoms with Crippen molar-refractivity contribution in [3.63, 3.8) is 0 Å². The van der Waals surface area contributed by atoms with Crippen molar-refractivity contribution in [1.82, 2.24) is 14.9 Å². The van der Waals surface area contributed by atoms with Crippen molar-refractivity contribution >= 4 is 24.5 Å². The van der Waals surface area contributed by atoms with Gasteiger partial charge in [0.1, 0.15) is 0 Å². The standard InChI is InChI=1S/C18H16N4S/c1-14(12-15-8-4-2-5-9-15)13-19-22-17(20-21-18(22)23)16-10-6-3-7-11-16/h2-13H,1H3,(H,21,23)/b14-12?,19-13+. The molecule has 1 heterocycles. The predicted octanol–water partition coefficient (Wildman–Crippen LogP) is 4.55. The summed E-state index contributed by atoms with van der Waals surface area (Å²) in [5.74, 6) is 0.694. The molecular weight excluding hydrogens is 304 g/mol. The highest BCUT2D eigenvalue weighted by Crippen LogP contribution is 2.16. The number of nitrogens with one attached hydrogen (secondary N) is 1. The molecule has 5 heteroatoms. The first kappa shape index (κ1) is 15.1. The summed E-state index contributed by atoms with van der Waals surface area (Å²) in [5, 5.41) is 11.5. The van der Waals surface area contributed by atoms with E-state index in [9.17, 15) is 0 Å². The van der Waals surface area contributed by atoms with Crippen molar-refractivity contribution in [1.29, 1.82) is 0 Å². The van der Waals surface area contributed by atoms with Crippen LogP contribution >= 0.6 is 12.2 Å². The second kappa shape index (κ2) is 6.98. The fraction of sp³-hybridized carbons (Fsp3) is 0.0556. The molecular formula is C18H16N4S. The van der Waals surface area contributed by atoms with Crippen LogP contribution in [0.25, 0.3) is 17.5 Å². The van der Waals surface area contributed by atoms with Crippen LogP contribution in [-0.2, 0) is 0 Å². The largest absolute Gasteiger partial charge is 0.250 e. The second-order valence-corrected chi connectivity index (χ2v) is 5.46. The fourth-order valence-corrected chi connectivity index (χ4v) is 2.35. The first-order valence-electron chi connectivity index (χ1n) is 7.24. The Labute approximate surface area is 139 Å². The zero-order chi connectivity index (χ0) is 16.1. The van der Waals surface area contributed by atoms with Crippen LogP contribution in [0.2, 0.25) is 0 Å². The maximum atomic E-state index is 5.27. The molecule has 0 aliphatic rings. The van der Waals surface area contributed by atoms with Crippen LogP contribution in [0.3, 0.4) is 0 Å². The molecule has 0 saturated heterocycles. The Morgan fingerprint density at radius 2 is 1.74 bits per heavy atom. The van der Waals surface area contributed by atoms with Gasteiger partial charge in [-0.25, -0.2) is 5.10 Å². The van der Waals surface area contributed by atoms with Crippen molar-refractivity contribution < 1.29 is 0 Å². The number of H-pyrrole nitrogens is 1. The van der Waals surface area contributed by atoms with Gasteiger partial charge in [0.15, 0.2) is 5.82 Å². The van der Waals surface area contributed by atoms with Gasteiger partial charge in [-0.2, -0.15) is 14.9 Å². The lowest BCUT2D eigenvalue weighted by Gasteiger charge is -2.00. The second-order valence-electron chi connectivity index (χ2n) is 5.07. The first-order valence-corrected chi connectivity index (χ1v) is 7.65. The number of hydrogen-bond acceptors (Lipinski definition) is 3. The van der Waals surface area contributed by atoms with Gasteiger partial charge in [-0.3, -0.25) is 0 Å². The third-order valence-corrected chi connectivity index (χ3v) is 3.52. The lowest BCUT2D eigenvalue weighted by atomic mass is 10.1. The molecule has 23 heavy (non-hydrogen) atoms. The highest BCUT2D eigenvalue weighted by molar-refractivity contribution is 7.71. The average Bonchev–Trinajstić information content (AvgIpc) is 2.95. The van der Waals surface area contributed by atoms with Crippen LogP contribution in [0.15, 0.2) is 71.3 Å². The van der Waals surface area contributed by atoms with Crippen LogP contribution < -0.4 is 0 Å². The van der Waals surface area contributed by atoms with Crippen molar-refractivity contribution in [3.8, 4) is 11.4 Å². The minimum atomic E-state index is 0.465. The predicted molar refractivity (Wildman–Crippen MR) is 96.8 cm³/mol. The molecule has 4 nitrogen and oxygen atoms in total. The molecule has 0 spiro atoms. The molecule has 2 aromatic carbocycles. The van der Waals surface area contributed by atoms with Gasteiger partial charge in [0.2, 0.25) is 4.77 Å². The van der Waals surface area contributed by atoms with Gasteiger partial charge < -0.3 is 0 Å². The summed E-state index contributed by atoms with van der Waals surface area (Å²) in [4.78, 5) is 0. The molecule has 0 atom stereocenters. The Kier molecular flexibility index (Phi) is 4.59. The Balaban J connectivity index is 1.90. The highest BCUT2D eigenvalue weighted by Gasteiger charge is 2.06. The number of rotatable bonds is 4. The summed E-state index contributed by atoms with van der Waals surface area (Å²) in [6.45, 7) is 2.00. The molecule has 0 aliphatic heterocycles. The number of benzene rings is 2. The lowest BCUT2D eigenvalue weighted by molar-refractivity contribution is 0.871. The van der Waals surface area contributed by atoms with Gasteiger partial charge in [0.05, 0.1) is 6.21 Å². The fourth-order valence-electron chi connectivity index (χ4n) is 2.17. The zero-order valence-electron chi connectivity index (χ0n) is 12.7. The van der Waals surface area contributed by atoms with E-state index in [4.69, 9.17) is 12.2 Å². The topological polar surface area (TPSA) is 46.0 Å². The van der Waals surface area contributed by atoms with Crippen LogP contribution in [0, 0.1) is 4.77 Å². The number of nitrogens with zero attached hydrogens (tertiary/aromatic N) is 3. The van der Waals surface area contributed by atoms with Gasteiger partial charge in [0.25, 0.3) is 0 Å². The van der Waals surface area contributed by atoms with Gasteiger partial charge >= 0.3 is 0 Å². The van der Waals surface area contributed by atoms with Crippen LogP contribution in [-0.4, -0.2) is 21.1 Å². The van der Waals surface area contributed by atoms with E-state index in [2.05, 4.69) is 33.5 Å². The van der Waals surface area contributed by atoms with Gasteiger partial charge in [-0.15, -0.1) is 0 Å². The SMILES string of the molecule is CC(=Cc1ccccc1)/C=N/n1c(-c2ccccc2)n[nH]c1=S. The van der Waals surface area contributed by atoms with Gasteiger partial charge in [-0.1, -0.05) is 66.7 Å². The quantitative estimate of drug-likeness (QED) is 0.566. The molecule has 3 aromatic rings. The van der Waals surface area contributed by atoms with Crippen molar-refractivity contribution in [2.45, 2.75) is 6.92 Å². The van der Waals surface area contributed by atoms with E-state index in [1.54, 1.807) is 10.9 Å². The Morgan fingerprint density at radius 1 is 1.09 bits per heavy atom.